The Hall–Kier alpha value is -3.14. The highest BCUT2D eigenvalue weighted by molar-refractivity contribution is 6.40. The molecule has 1 aromatic carbocycles. The van der Waals surface area contributed by atoms with Crippen LogP contribution in [0.3, 0.4) is 0 Å². The quantitative estimate of drug-likeness (QED) is 0.0282. The Bertz CT molecular complexity index is 1940. The van der Waals surface area contributed by atoms with Gasteiger partial charge in [-0.05, 0) is 91.2 Å². The fourth-order valence-electron chi connectivity index (χ4n) is 9.38. The van der Waals surface area contributed by atoms with Crippen LogP contribution in [0, 0.1) is 33.8 Å². The van der Waals surface area contributed by atoms with Gasteiger partial charge >= 0.3 is 12.2 Å². The van der Waals surface area contributed by atoms with Crippen molar-refractivity contribution < 1.29 is 66.6 Å². The highest BCUT2D eigenvalue weighted by Crippen LogP contribution is 2.60. The zero-order valence-corrected chi connectivity index (χ0v) is 45.7. The number of hydrogen-bond acceptors (Lipinski definition) is 16. The lowest BCUT2D eigenvalue weighted by Crippen LogP contribution is -2.56. The fourth-order valence-corrected chi connectivity index (χ4v) is 9.38. The summed E-state index contributed by atoms with van der Waals surface area (Å²) in [6, 6.07) is 5.24. The van der Waals surface area contributed by atoms with Crippen molar-refractivity contribution in [1.29, 1.82) is 0 Å². The van der Waals surface area contributed by atoms with Crippen molar-refractivity contribution in [3.63, 3.8) is 0 Å². The number of epoxide rings is 4. The zero-order valence-electron chi connectivity index (χ0n) is 44.2. The van der Waals surface area contributed by atoms with Crippen LogP contribution < -0.4 is 15.8 Å². The van der Waals surface area contributed by atoms with E-state index in [4.69, 9.17) is 81.0 Å². The third-order valence-electron chi connectivity index (χ3n) is 14.2. The van der Waals surface area contributed by atoms with E-state index in [0.29, 0.717) is 51.0 Å². The monoisotopic (exact) mass is 1050 g/mol. The van der Waals surface area contributed by atoms with Crippen LogP contribution in [-0.4, -0.2) is 147 Å². The van der Waals surface area contributed by atoms with Gasteiger partial charge in [0.1, 0.15) is 64.8 Å². The largest absolute Gasteiger partial charge is 0.514 e. The number of nitrogens with two attached hydrogens (primary N) is 1. The number of non-ortho nitro benzene ring substituents is 1. The van der Waals surface area contributed by atoms with E-state index in [-0.39, 0.29) is 75.4 Å². The number of carbonyl (C=O) groups excluding carboxylic acids is 2. The molecule has 0 aromatic heterocycles. The van der Waals surface area contributed by atoms with Crippen LogP contribution in [-0.2, 0) is 47.4 Å². The zero-order chi connectivity index (χ0) is 53.2. The number of rotatable bonds is 17. The molecule has 4 heterocycles. The number of halogens is 2. The summed E-state index contributed by atoms with van der Waals surface area (Å²) in [5.74, 6) is 0.955. The van der Waals surface area contributed by atoms with E-state index in [2.05, 4.69) is 71.2 Å². The number of nitro benzene ring substituents is 1. The highest BCUT2D eigenvalue weighted by Gasteiger charge is 2.73. The number of nitro groups is 1. The van der Waals surface area contributed by atoms with Gasteiger partial charge < -0.3 is 63.2 Å². The Morgan fingerprint density at radius 1 is 0.803 bits per heavy atom. The van der Waals surface area contributed by atoms with Gasteiger partial charge in [0.2, 0.25) is 0 Å². The molecule has 12 atom stereocenters. The average Bonchev–Trinajstić information content (AvgIpc) is 4.21. The first-order valence-corrected chi connectivity index (χ1v) is 25.4. The van der Waals surface area contributed by atoms with Gasteiger partial charge in [0.05, 0.1) is 46.5 Å². The van der Waals surface area contributed by atoms with E-state index in [9.17, 15) is 19.7 Å². The first-order chi connectivity index (χ1) is 33.3. The molecule has 1 amide bonds. The SMILES string of the molecule is COC(C)(C)CN.CO[C@H]1C([C@@]2(C)O[C@@H]2/C=C/C(C)C)[C@]2(CC[C@H]1OC(=O)NCC(C)(C)OC)CO2.CO[C@H]1C([C@@]2(C)O[C@@H]2/C=C/C(C)C)[C@]2(CC[C@H]1OC(=O)Oc1ccc([N+](=O)[O-])cc1)CO2.ClCCl. The molecular weight excluding hydrogens is 965 g/mol. The minimum absolute atomic E-state index is 0.00350. The van der Waals surface area contributed by atoms with Crippen LogP contribution in [0.5, 0.6) is 5.75 Å². The van der Waals surface area contributed by atoms with Crippen molar-refractivity contribution in [3.8, 4) is 5.75 Å². The Morgan fingerprint density at radius 3 is 1.56 bits per heavy atom. The maximum Gasteiger partial charge on any atom is 0.514 e. The van der Waals surface area contributed by atoms with E-state index in [0.717, 1.165) is 12.8 Å². The Labute approximate surface area is 430 Å². The molecule has 7 rings (SSSR count). The maximum atomic E-state index is 12.4. The third kappa shape index (κ3) is 16.2. The summed E-state index contributed by atoms with van der Waals surface area (Å²) in [7, 11) is 6.55. The van der Waals surface area contributed by atoms with Crippen molar-refractivity contribution in [2.45, 2.75) is 165 Å². The molecule has 404 valence electrons. The fraction of sp³-hybridized carbons (Fsp3) is 0.765. The van der Waals surface area contributed by atoms with Gasteiger partial charge in [-0.15, -0.1) is 23.2 Å². The summed E-state index contributed by atoms with van der Waals surface area (Å²) < 4.78 is 62.7. The highest BCUT2D eigenvalue weighted by atomic mass is 35.5. The van der Waals surface area contributed by atoms with Crippen LogP contribution in [0.4, 0.5) is 15.3 Å². The predicted molar refractivity (Wildman–Crippen MR) is 269 cm³/mol. The van der Waals surface area contributed by atoms with E-state index >= 15 is 0 Å². The van der Waals surface area contributed by atoms with Crippen LogP contribution in [0.1, 0.15) is 94.9 Å². The number of carbonyl (C=O) groups is 2. The van der Waals surface area contributed by atoms with E-state index in [1.165, 1.54) is 24.3 Å². The van der Waals surface area contributed by atoms with Crippen molar-refractivity contribution in [3.05, 3.63) is 58.7 Å². The molecule has 18 nitrogen and oxygen atoms in total. The number of methoxy groups -OCH3 is 4. The van der Waals surface area contributed by atoms with Crippen molar-refractivity contribution in [1.82, 2.24) is 5.32 Å². The molecule has 1 aromatic rings. The number of nitrogens with zero attached hydrogens (tertiary/aromatic N) is 1. The molecule has 4 aliphatic heterocycles. The first-order valence-electron chi connectivity index (χ1n) is 24.3. The topological polar surface area (TPSA) is 230 Å². The molecule has 3 N–H and O–H groups in total. The number of ether oxygens (including phenoxy) is 11. The number of benzene rings is 1. The molecule has 2 aliphatic carbocycles. The third-order valence-corrected chi connectivity index (χ3v) is 14.2. The summed E-state index contributed by atoms with van der Waals surface area (Å²) in [6.45, 7) is 22.7. The van der Waals surface area contributed by atoms with Crippen LogP contribution >= 0.6 is 23.2 Å². The molecule has 0 bridgehead atoms. The number of allylic oxidation sites excluding steroid dienone is 2. The summed E-state index contributed by atoms with van der Waals surface area (Å²) in [5.41, 5.74) is 3.22. The van der Waals surface area contributed by atoms with Gasteiger partial charge in [-0.3, -0.25) is 10.1 Å². The molecule has 4 saturated heterocycles. The van der Waals surface area contributed by atoms with Crippen molar-refractivity contribution >= 4 is 41.1 Å². The van der Waals surface area contributed by atoms with Gasteiger partial charge in [-0.25, -0.2) is 9.59 Å². The summed E-state index contributed by atoms with van der Waals surface area (Å²) in [4.78, 5) is 35.1. The summed E-state index contributed by atoms with van der Waals surface area (Å²) in [6.07, 6.45) is 8.44. The van der Waals surface area contributed by atoms with E-state index in [1.807, 2.05) is 27.7 Å². The lowest BCUT2D eigenvalue weighted by Gasteiger charge is -2.42. The standard InChI is InChI=1S/C23H29NO8.C22H37NO6.C5H13NO.CH2Cl2/c1-14(2)5-10-18-22(3,32-18)20-19(28-4)17(11-12-23(20)13-29-23)31-21(25)30-16-8-6-15(7-9-16)24(26)27;1-14(2)8-9-16-21(5,29-16)18-17(25-6)15(10-11-22(18)13-27-22)28-19(24)23-12-20(3,4)26-7;1-5(2,4-6)7-3;2-1-3/h5-10,14,17-20H,11-13H2,1-4H3;8-9,14-18H,10-13H2,1-7H3,(H,23,24);4,6H2,1-3H3;1H2/b10-5+;9-8+;;/t17-,18-,19-,20?,22+,23+;15-,16-,17-,18?,21+,22+;;/m11../s1. The number of hydrogen-bond donors (Lipinski definition) is 2. The van der Waals surface area contributed by atoms with Gasteiger partial charge in [-0.2, -0.15) is 0 Å². The van der Waals surface area contributed by atoms with Crippen molar-refractivity contribution in [2.75, 3.05) is 60.1 Å². The number of alkyl carbamates (subject to hydrolysis) is 1. The molecule has 71 heavy (non-hydrogen) atoms. The van der Waals surface area contributed by atoms with Gasteiger partial charge in [0.15, 0.2) is 0 Å². The van der Waals surface area contributed by atoms with Gasteiger partial charge in [0, 0.05) is 53.7 Å². The number of alkyl halides is 2. The molecule has 6 aliphatic rings. The number of nitrogens with one attached hydrogen (secondary N) is 1. The molecule has 2 saturated carbocycles. The second-order valence-electron chi connectivity index (χ2n) is 21.1. The second kappa shape index (κ2) is 25.4. The molecule has 6 fully saturated rings. The minimum Gasteiger partial charge on any atom is -0.443 e. The average molecular weight is 1050 g/mol. The van der Waals surface area contributed by atoms with Crippen LogP contribution in [0.25, 0.3) is 0 Å². The second-order valence-corrected chi connectivity index (χ2v) is 21.9. The summed E-state index contributed by atoms with van der Waals surface area (Å²) in [5, 5.41) is 13.8. The van der Waals surface area contributed by atoms with Crippen LogP contribution in [0.2, 0.25) is 0 Å². The normalized spacial score (nSPS) is 33.6. The molecule has 2 spiro atoms. The Kier molecular flexibility index (Phi) is 21.6. The summed E-state index contributed by atoms with van der Waals surface area (Å²) >= 11 is 9.53. The Morgan fingerprint density at radius 2 is 1.23 bits per heavy atom. The number of amides is 1. The lowest BCUT2D eigenvalue weighted by atomic mass is 9.68. The Balaban J connectivity index is 0.000000260. The predicted octanol–water partition coefficient (Wildman–Crippen LogP) is 8.90. The van der Waals surface area contributed by atoms with Gasteiger partial charge in [0.25, 0.3) is 5.69 Å². The van der Waals surface area contributed by atoms with Crippen molar-refractivity contribution in [2.24, 2.45) is 29.4 Å². The van der Waals surface area contributed by atoms with E-state index in [1.54, 1.807) is 28.4 Å². The minimum atomic E-state index is -0.879. The molecule has 20 heteroatoms. The molecule has 2 unspecified atom stereocenters. The first kappa shape index (κ1) is 60.4. The smallest absolute Gasteiger partial charge is 0.443 e. The van der Waals surface area contributed by atoms with Gasteiger partial charge in [-0.1, -0.05) is 52.0 Å². The lowest BCUT2D eigenvalue weighted by molar-refractivity contribution is -0.384. The molecule has 0 radical (unpaired) electrons. The van der Waals surface area contributed by atoms with E-state index < -0.39 is 40.6 Å². The van der Waals surface area contributed by atoms with Crippen LogP contribution in [0.15, 0.2) is 48.6 Å². The molecular formula is C51H81Cl2N3O15. The maximum absolute atomic E-state index is 12.4.